The first-order valence-corrected chi connectivity index (χ1v) is 14.1. The minimum atomic E-state index is -0.196. The number of benzene rings is 2. The molecular weight excluding hydrogens is 510 g/mol. The Morgan fingerprint density at radius 2 is 1.79 bits per heavy atom. The number of halogens is 1. The second-order valence-electron chi connectivity index (χ2n) is 11.0. The maximum Gasteiger partial charge on any atom is 0.253 e. The normalized spacial score (nSPS) is 17.3. The van der Waals surface area contributed by atoms with Gasteiger partial charge in [0.25, 0.3) is 11.8 Å². The Morgan fingerprint density at radius 1 is 1.05 bits per heavy atom. The predicted molar refractivity (Wildman–Crippen MR) is 155 cm³/mol. The molecular formula is C31H36ClN5O2. The molecule has 1 aromatic heterocycles. The molecule has 7 nitrogen and oxygen atoms in total. The average molecular weight is 546 g/mol. The average Bonchev–Trinajstić information content (AvgIpc) is 3.33. The molecule has 1 atom stereocenters. The Kier molecular flexibility index (Phi) is 7.89. The number of carbonyl (C=O) groups is 2. The first-order valence-electron chi connectivity index (χ1n) is 13.8. The van der Waals surface area contributed by atoms with E-state index in [1.54, 1.807) is 18.2 Å². The van der Waals surface area contributed by atoms with E-state index in [1.165, 1.54) is 5.56 Å². The molecule has 2 amide bonds. The van der Waals surface area contributed by atoms with Gasteiger partial charge in [0.1, 0.15) is 11.6 Å². The summed E-state index contributed by atoms with van der Waals surface area (Å²) in [7, 11) is 1.90. The number of rotatable bonds is 6. The van der Waals surface area contributed by atoms with Crippen molar-refractivity contribution in [1.29, 1.82) is 0 Å². The summed E-state index contributed by atoms with van der Waals surface area (Å²) in [4.78, 5) is 40.0. The largest absolute Gasteiger partial charge is 0.356 e. The lowest BCUT2D eigenvalue weighted by atomic mass is 10.00. The molecule has 8 heteroatoms. The van der Waals surface area contributed by atoms with Crippen LogP contribution < -0.4 is 10.2 Å². The van der Waals surface area contributed by atoms with Crippen LogP contribution in [0.25, 0.3) is 0 Å². The third kappa shape index (κ3) is 5.78. The third-order valence-corrected chi connectivity index (χ3v) is 8.25. The minimum Gasteiger partial charge on any atom is -0.356 e. The van der Waals surface area contributed by atoms with Crippen LogP contribution >= 0.6 is 11.6 Å². The highest BCUT2D eigenvalue weighted by atomic mass is 35.5. The van der Waals surface area contributed by atoms with E-state index in [9.17, 15) is 9.59 Å². The van der Waals surface area contributed by atoms with E-state index in [0.29, 0.717) is 16.1 Å². The van der Waals surface area contributed by atoms with E-state index >= 15 is 0 Å². The Labute approximate surface area is 235 Å². The molecule has 0 spiro atoms. The monoisotopic (exact) mass is 545 g/mol. The van der Waals surface area contributed by atoms with E-state index in [0.717, 1.165) is 61.7 Å². The number of piperidine rings is 1. The van der Waals surface area contributed by atoms with Gasteiger partial charge in [-0.2, -0.15) is 0 Å². The van der Waals surface area contributed by atoms with Crippen molar-refractivity contribution >= 4 is 29.2 Å². The summed E-state index contributed by atoms with van der Waals surface area (Å²) in [5, 5.41) is 3.55. The molecule has 0 unspecified atom stereocenters. The highest BCUT2D eigenvalue weighted by molar-refractivity contribution is 6.33. The second-order valence-corrected chi connectivity index (χ2v) is 11.4. The van der Waals surface area contributed by atoms with E-state index < -0.39 is 0 Å². The number of carbonyl (C=O) groups excluding carboxylic acids is 2. The van der Waals surface area contributed by atoms with Crippen molar-refractivity contribution < 1.29 is 9.59 Å². The number of fused-ring (bicyclic) bond motifs is 1. The zero-order valence-corrected chi connectivity index (χ0v) is 23.8. The highest BCUT2D eigenvalue weighted by Crippen LogP contribution is 2.33. The zero-order valence-electron chi connectivity index (χ0n) is 23.1. The fraction of sp³-hybridized carbons (Fsp3) is 0.419. The van der Waals surface area contributed by atoms with Crippen molar-refractivity contribution in [2.24, 2.45) is 0 Å². The number of amides is 2. The molecule has 1 fully saturated rings. The van der Waals surface area contributed by atoms with Crippen molar-refractivity contribution in [1.82, 2.24) is 20.2 Å². The van der Waals surface area contributed by atoms with Crippen LogP contribution in [0, 0.1) is 6.92 Å². The summed E-state index contributed by atoms with van der Waals surface area (Å²) >= 11 is 6.23. The number of nitrogens with one attached hydrogen (secondary N) is 1. The molecule has 0 saturated carbocycles. The summed E-state index contributed by atoms with van der Waals surface area (Å²) in [5.74, 6) is 1.94. The van der Waals surface area contributed by atoms with Crippen molar-refractivity contribution in [3.05, 3.63) is 87.3 Å². The van der Waals surface area contributed by atoms with Crippen LogP contribution in [0.5, 0.6) is 0 Å². The van der Waals surface area contributed by atoms with Crippen molar-refractivity contribution in [2.75, 3.05) is 25.0 Å². The Balaban J connectivity index is 1.24. The minimum absolute atomic E-state index is 0.0132. The smallest absolute Gasteiger partial charge is 0.253 e. The van der Waals surface area contributed by atoms with Crippen LogP contribution in [0.4, 0.5) is 5.82 Å². The van der Waals surface area contributed by atoms with Gasteiger partial charge in [0.05, 0.1) is 16.6 Å². The van der Waals surface area contributed by atoms with Gasteiger partial charge in [-0.1, -0.05) is 43.6 Å². The van der Waals surface area contributed by atoms with E-state index in [4.69, 9.17) is 16.6 Å². The van der Waals surface area contributed by atoms with Crippen LogP contribution in [0.2, 0.25) is 5.02 Å². The summed E-state index contributed by atoms with van der Waals surface area (Å²) < 4.78 is 0. The molecule has 2 aliphatic rings. The predicted octanol–water partition coefficient (Wildman–Crippen LogP) is 5.72. The van der Waals surface area contributed by atoms with E-state index in [-0.39, 0.29) is 29.8 Å². The first-order chi connectivity index (χ1) is 18.7. The Bertz CT molecular complexity index is 1380. The van der Waals surface area contributed by atoms with E-state index in [2.05, 4.69) is 29.0 Å². The molecule has 3 aromatic rings. The molecule has 0 bridgehead atoms. The molecule has 5 rings (SSSR count). The van der Waals surface area contributed by atoms with Gasteiger partial charge in [0, 0.05) is 49.4 Å². The van der Waals surface area contributed by atoms with Crippen LogP contribution in [0.15, 0.2) is 48.5 Å². The molecule has 1 saturated heterocycles. The van der Waals surface area contributed by atoms with Gasteiger partial charge in [-0.3, -0.25) is 9.59 Å². The molecule has 1 aliphatic carbocycles. The zero-order chi connectivity index (χ0) is 27.7. The maximum absolute atomic E-state index is 13.5. The molecule has 39 heavy (non-hydrogen) atoms. The van der Waals surface area contributed by atoms with Gasteiger partial charge in [-0.15, -0.1) is 0 Å². The molecule has 2 aromatic carbocycles. The molecule has 204 valence electrons. The fourth-order valence-electron chi connectivity index (χ4n) is 5.61. The van der Waals surface area contributed by atoms with E-state index in [1.807, 2.05) is 49.2 Å². The fourth-order valence-corrected chi connectivity index (χ4v) is 5.83. The quantitative estimate of drug-likeness (QED) is 0.428. The summed E-state index contributed by atoms with van der Waals surface area (Å²) in [6.07, 6.45) is 3.43. The summed E-state index contributed by atoms with van der Waals surface area (Å²) in [6.45, 7) is 7.92. The Morgan fingerprint density at radius 3 is 2.51 bits per heavy atom. The summed E-state index contributed by atoms with van der Waals surface area (Å²) in [5.41, 5.74) is 4.29. The molecule has 2 heterocycles. The van der Waals surface area contributed by atoms with Crippen molar-refractivity contribution in [2.45, 2.75) is 64.5 Å². The van der Waals surface area contributed by atoms with Crippen LogP contribution in [0.1, 0.15) is 88.4 Å². The van der Waals surface area contributed by atoms with Crippen LogP contribution in [0.3, 0.4) is 0 Å². The lowest BCUT2D eigenvalue weighted by Gasteiger charge is -2.37. The number of hydrogen-bond acceptors (Lipinski definition) is 5. The molecule has 0 radical (unpaired) electrons. The van der Waals surface area contributed by atoms with Crippen LogP contribution in [-0.2, 0) is 6.42 Å². The SMILES string of the molecule is Cc1cc(N2CCC(N(C)C(=O)c3ccc4c(c3)[C@H](NC(=O)c3ccccc3Cl)CC4)CC2)nc(C(C)C)n1. The molecule has 1 N–H and O–H groups in total. The maximum atomic E-state index is 13.5. The number of anilines is 1. The van der Waals surface area contributed by atoms with Gasteiger partial charge in [0.2, 0.25) is 0 Å². The second kappa shape index (κ2) is 11.3. The van der Waals surface area contributed by atoms with Gasteiger partial charge < -0.3 is 15.1 Å². The summed E-state index contributed by atoms with van der Waals surface area (Å²) in [6, 6.07) is 15.0. The Hall–Kier alpha value is -3.45. The number of hydrogen-bond donors (Lipinski definition) is 1. The van der Waals surface area contributed by atoms with Gasteiger partial charge in [0.15, 0.2) is 0 Å². The van der Waals surface area contributed by atoms with Crippen molar-refractivity contribution in [3.8, 4) is 0 Å². The van der Waals surface area contributed by atoms with Crippen molar-refractivity contribution in [3.63, 3.8) is 0 Å². The topological polar surface area (TPSA) is 78.4 Å². The first kappa shape index (κ1) is 27.1. The number of aryl methyl sites for hydroxylation is 2. The highest BCUT2D eigenvalue weighted by Gasteiger charge is 2.30. The molecule has 1 aliphatic heterocycles. The third-order valence-electron chi connectivity index (χ3n) is 7.93. The standard InChI is InChI=1S/C31H36ClN5O2/c1-19(2)29-33-20(3)17-28(35-29)37-15-13-23(14-16-37)36(4)31(39)22-10-9-21-11-12-27(25(21)18-22)34-30(38)24-7-5-6-8-26(24)32/h5-10,17-19,23,27H,11-16H2,1-4H3,(H,34,38)/t27-/m1/s1. The van der Waals surface area contributed by atoms with Crippen LogP contribution in [-0.4, -0.2) is 52.9 Å². The van der Waals surface area contributed by atoms with Gasteiger partial charge in [-0.25, -0.2) is 9.97 Å². The van der Waals surface area contributed by atoms with Gasteiger partial charge >= 0.3 is 0 Å². The lowest BCUT2D eigenvalue weighted by molar-refractivity contribution is 0.0709. The van der Waals surface area contributed by atoms with Gasteiger partial charge in [-0.05, 0) is 68.0 Å². The number of nitrogens with zero attached hydrogens (tertiary/aromatic N) is 4. The number of aromatic nitrogens is 2. The lowest BCUT2D eigenvalue weighted by Crippen LogP contribution is -2.46.